The van der Waals surface area contributed by atoms with Crippen LogP contribution in [0, 0.1) is 34.9 Å². The maximum absolute atomic E-state index is 17.3. The Bertz CT molecular complexity index is 1760. The van der Waals surface area contributed by atoms with Gasteiger partial charge in [-0.05, 0) is 94.0 Å². The van der Waals surface area contributed by atoms with Crippen molar-refractivity contribution in [2.24, 2.45) is 0 Å². The molecule has 0 radical (unpaired) electrons. The van der Waals surface area contributed by atoms with E-state index in [9.17, 15) is 22.0 Å². The van der Waals surface area contributed by atoms with E-state index in [-0.39, 0.29) is 11.1 Å². The molecule has 6 rings (SSSR count). The number of halogens is 6. The van der Waals surface area contributed by atoms with Crippen molar-refractivity contribution in [3.63, 3.8) is 0 Å². The van der Waals surface area contributed by atoms with Gasteiger partial charge in [-0.2, -0.15) is 0 Å². The second-order valence-electron chi connectivity index (χ2n) is 9.72. The molecule has 6 aromatic rings. The van der Waals surface area contributed by atoms with Crippen molar-refractivity contribution in [2.45, 2.75) is 0 Å². The summed E-state index contributed by atoms with van der Waals surface area (Å²) in [5.74, 6) is -3.27. The van der Waals surface area contributed by atoms with Crippen LogP contribution in [-0.2, 0) is 0 Å². The van der Waals surface area contributed by atoms with Crippen LogP contribution in [0.25, 0.3) is 55.6 Å². The van der Waals surface area contributed by atoms with Crippen molar-refractivity contribution < 1.29 is 26.3 Å². The first-order chi connectivity index (χ1) is 20.3. The normalized spacial score (nSPS) is 11.1. The lowest BCUT2D eigenvalue weighted by Gasteiger charge is -2.25. The van der Waals surface area contributed by atoms with Gasteiger partial charge in [0, 0.05) is 22.3 Å². The van der Waals surface area contributed by atoms with Gasteiger partial charge in [-0.1, -0.05) is 60.7 Å². The van der Waals surface area contributed by atoms with Crippen LogP contribution in [0.1, 0.15) is 0 Å². The fourth-order valence-electron chi connectivity index (χ4n) is 5.21. The molecule has 0 amide bonds. The molecule has 0 saturated heterocycles. The van der Waals surface area contributed by atoms with Crippen molar-refractivity contribution in [3.8, 4) is 55.6 Å². The Kier molecular flexibility index (Phi) is 7.13. The Balaban J connectivity index is 1.87. The zero-order chi connectivity index (χ0) is 29.4. The molecule has 0 heterocycles. The summed E-state index contributed by atoms with van der Waals surface area (Å²) in [5.41, 5.74) is 3.25. The first kappa shape index (κ1) is 27.1. The second-order valence-corrected chi connectivity index (χ2v) is 9.72. The van der Waals surface area contributed by atoms with Gasteiger partial charge in [-0.15, -0.1) is 0 Å². The molecule has 6 heteroatoms. The maximum atomic E-state index is 17.3. The predicted molar refractivity (Wildman–Crippen MR) is 153 cm³/mol. The maximum Gasteiger partial charge on any atom is 0.140 e. The Morgan fingerprint density at radius 1 is 0.214 bits per heavy atom. The van der Waals surface area contributed by atoms with E-state index in [1.807, 2.05) is 0 Å². The van der Waals surface area contributed by atoms with Crippen LogP contribution < -0.4 is 0 Å². The minimum Gasteiger partial charge on any atom is -0.207 e. The van der Waals surface area contributed by atoms with Gasteiger partial charge in [0.25, 0.3) is 0 Å². The second kappa shape index (κ2) is 11.1. The molecule has 0 N–H and O–H groups in total. The highest BCUT2D eigenvalue weighted by Gasteiger charge is 2.29. The van der Waals surface area contributed by atoms with Crippen LogP contribution in [0.3, 0.4) is 0 Å². The number of rotatable bonds is 5. The molecule has 0 aliphatic rings. The van der Waals surface area contributed by atoms with E-state index >= 15 is 4.39 Å². The highest BCUT2D eigenvalue weighted by molar-refractivity contribution is 6.07. The van der Waals surface area contributed by atoms with Gasteiger partial charge in [0.15, 0.2) is 0 Å². The molecule has 0 aromatic heterocycles. The largest absolute Gasteiger partial charge is 0.207 e. The number of benzene rings is 6. The van der Waals surface area contributed by atoms with Crippen LogP contribution in [0.15, 0.2) is 121 Å². The van der Waals surface area contributed by atoms with Crippen molar-refractivity contribution in [2.75, 3.05) is 0 Å². The van der Waals surface area contributed by atoms with Crippen LogP contribution >= 0.6 is 0 Å². The molecule has 0 nitrogen and oxygen atoms in total. The first-order valence-electron chi connectivity index (χ1n) is 13.0. The zero-order valence-electron chi connectivity index (χ0n) is 21.8. The van der Waals surface area contributed by atoms with Gasteiger partial charge >= 0.3 is 0 Å². The third-order valence-corrected chi connectivity index (χ3v) is 7.10. The molecule has 0 atom stereocenters. The highest BCUT2D eigenvalue weighted by atomic mass is 19.1. The van der Waals surface area contributed by atoms with Crippen molar-refractivity contribution in [3.05, 3.63) is 156 Å². The van der Waals surface area contributed by atoms with Crippen molar-refractivity contribution in [1.82, 2.24) is 0 Å². The smallest absolute Gasteiger partial charge is 0.140 e. The summed E-state index contributed by atoms with van der Waals surface area (Å²) in [6.45, 7) is 0. The van der Waals surface area contributed by atoms with Crippen LogP contribution in [0.2, 0.25) is 0 Å². The first-order valence-corrected chi connectivity index (χ1v) is 13.0. The molecule has 0 aliphatic carbocycles. The van der Waals surface area contributed by atoms with Gasteiger partial charge in [0.1, 0.15) is 34.9 Å². The third kappa shape index (κ3) is 5.07. The molecule has 42 heavy (non-hydrogen) atoms. The predicted octanol–water partition coefficient (Wildman–Crippen LogP) is 10.9. The van der Waals surface area contributed by atoms with E-state index < -0.39 is 34.9 Å². The van der Waals surface area contributed by atoms with Crippen molar-refractivity contribution >= 4 is 0 Å². The van der Waals surface area contributed by atoms with E-state index in [1.165, 1.54) is 121 Å². The molecule has 0 aliphatic heterocycles. The van der Waals surface area contributed by atoms with Crippen LogP contribution in [-0.4, -0.2) is 0 Å². The van der Waals surface area contributed by atoms with E-state index in [2.05, 4.69) is 0 Å². The highest BCUT2D eigenvalue weighted by Crippen LogP contribution is 2.52. The minimum atomic E-state index is -0.710. The lowest BCUT2D eigenvalue weighted by molar-refractivity contribution is 0.625. The summed E-state index contributed by atoms with van der Waals surface area (Å²) in [4.78, 5) is 0. The third-order valence-electron chi connectivity index (χ3n) is 7.10. The summed E-state index contributed by atoms with van der Waals surface area (Å²) in [6, 6.07) is 27.1. The average molecular weight is 567 g/mol. The van der Waals surface area contributed by atoms with Gasteiger partial charge in [-0.25, -0.2) is 26.3 Å². The number of hydrogen-bond donors (Lipinski definition) is 0. The Morgan fingerprint density at radius 2 is 0.381 bits per heavy atom. The zero-order valence-corrected chi connectivity index (χ0v) is 21.8. The molecule has 0 unspecified atom stereocenters. The van der Waals surface area contributed by atoms with Crippen LogP contribution in [0.4, 0.5) is 26.3 Å². The van der Waals surface area contributed by atoms with Crippen LogP contribution in [0.5, 0.6) is 0 Å². The summed E-state index contributed by atoms with van der Waals surface area (Å²) in [6.07, 6.45) is 0. The topological polar surface area (TPSA) is 0 Å². The molecule has 0 fully saturated rings. The molecular formula is C36H20F6. The molecule has 0 saturated carbocycles. The Morgan fingerprint density at radius 3 is 0.595 bits per heavy atom. The molecular weight excluding hydrogens is 546 g/mol. The fraction of sp³-hybridized carbons (Fsp3) is 0. The van der Waals surface area contributed by atoms with Gasteiger partial charge in [0.05, 0.1) is 0 Å². The molecule has 6 aromatic carbocycles. The Labute approximate surface area is 238 Å². The standard InChI is InChI=1S/C36H20F6/c37-26-11-1-21(2-12-26)31-32(22-3-13-27(38)14-4-22)34(24-7-17-29(40)18-8-24)36(42)35(25-9-19-30(41)20-10-25)33(31)23-5-15-28(39)16-6-23/h1-20H. The minimum absolute atomic E-state index is 0.0751. The summed E-state index contributed by atoms with van der Waals surface area (Å²) < 4.78 is 87.6. The Hall–Kier alpha value is -5.10. The molecule has 0 spiro atoms. The number of hydrogen-bond acceptors (Lipinski definition) is 0. The lowest BCUT2D eigenvalue weighted by Crippen LogP contribution is -2.02. The van der Waals surface area contributed by atoms with E-state index in [0.29, 0.717) is 44.5 Å². The summed E-state index contributed by atoms with van der Waals surface area (Å²) in [5, 5.41) is 0. The lowest BCUT2D eigenvalue weighted by atomic mass is 9.78. The van der Waals surface area contributed by atoms with Crippen molar-refractivity contribution in [1.29, 1.82) is 0 Å². The monoisotopic (exact) mass is 566 g/mol. The van der Waals surface area contributed by atoms with E-state index in [0.717, 1.165) is 0 Å². The van der Waals surface area contributed by atoms with E-state index in [1.54, 1.807) is 0 Å². The SMILES string of the molecule is Fc1ccc(-c2c(F)c(-c3ccc(F)cc3)c(-c3ccc(F)cc3)c(-c3ccc(F)cc3)c2-c2ccc(F)cc2)cc1. The molecule has 206 valence electrons. The fourth-order valence-corrected chi connectivity index (χ4v) is 5.21. The molecule has 0 bridgehead atoms. The average Bonchev–Trinajstić information content (AvgIpc) is 2.99. The van der Waals surface area contributed by atoms with Gasteiger partial charge in [0.2, 0.25) is 0 Å². The van der Waals surface area contributed by atoms with Gasteiger partial charge < -0.3 is 0 Å². The van der Waals surface area contributed by atoms with Gasteiger partial charge in [-0.3, -0.25) is 0 Å². The van der Waals surface area contributed by atoms with E-state index in [4.69, 9.17) is 0 Å². The quantitative estimate of drug-likeness (QED) is 0.182. The summed E-state index contributed by atoms with van der Waals surface area (Å²) in [7, 11) is 0. The summed E-state index contributed by atoms with van der Waals surface area (Å²) >= 11 is 0.